The summed E-state index contributed by atoms with van der Waals surface area (Å²) >= 11 is 15.8. The maximum Gasteiger partial charge on any atom is 0.0887 e. The lowest BCUT2D eigenvalue weighted by Gasteiger charge is -2.66. The third-order valence-electron chi connectivity index (χ3n) is 6.12. The average Bonchev–Trinajstić information content (AvgIpc) is 2.64. The summed E-state index contributed by atoms with van der Waals surface area (Å²) in [6, 6.07) is 2.17. The summed E-state index contributed by atoms with van der Waals surface area (Å²) in [5.74, 6) is 0.940. The summed E-state index contributed by atoms with van der Waals surface area (Å²) in [5, 5.41) is 0.863. The van der Waals surface area contributed by atoms with Crippen LogP contribution in [0, 0.1) is 22.2 Å². The Bertz CT molecular complexity index is 558. The van der Waals surface area contributed by atoms with Crippen LogP contribution in [0.4, 0.5) is 0 Å². The van der Waals surface area contributed by atoms with Crippen LogP contribution in [0.1, 0.15) is 62.1 Å². The van der Waals surface area contributed by atoms with Crippen molar-refractivity contribution in [3.63, 3.8) is 0 Å². The minimum absolute atomic E-state index is 0.441. The SMILES string of the molecule is CC12CC3CC(C)(C1)CC(C(Br)c1cc(Cl)c(Br)s1)(C3)C2. The predicted octanol–water partition coefficient (Wildman–Crippen LogP) is 7.60. The minimum atomic E-state index is 0.441. The van der Waals surface area contributed by atoms with Crippen LogP contribution in [0.3, 0.4) is 0 Å². The Morgan fingerprint density at radius 2 is 1.81 bits per heavy atom. The highest BCUT2D eigenvalue weighted by Gasteiger charge is 2.62. The van der Waals surface area contributed by atoms with E-state index in [1.54, 1.807) is 0 Å². The molecule has 0 aromatic carbocycles. The van der Waals surface area contributed by atoms with Gasteiger partial charge < -0.3 is 0 Å². The topological polar surface area (TPSA) is 0 Å². The van der Waals surface area contributed by atoms with E-state index in [1.165, 1.54) is 43.4 Å². The van der Waals surface area contributed by atoms with Gasteiger partial charge in [-0.15, -0.1) is 11.3 Å². The van der Waals surface area contributed by atoms with E-state index in [-0.39, 0.29) is 0 Å². The fourth-order valence-electron chi connectivity index (χ4n) is 6.61. The van der Waals surface area contributed by atoms with Crippen molar-refractivity contribution in [2.75, 3.05) is 0 Å². The van der Waals surface area contributed by atoms with Crippen molar-refractivity contribution in [2.24, 2.45) is 22.2 Å². The molecule has 4 heteroatoms. The van der Waals surface area contributed by atoms with Crippen LogP contribution in [0.15, 0.2) is 9.85 Å². The van der Waals surface area contributed by atoms with Crippen molar-refractivity contribution >= 4 is 54.8 Å². The molecule has 4 saturated carbocycles. The Morgan fingerprint density at radius 1 is 1.19 bits per heavy atom. The van der Waals surface area contributed by atoms with Gasteiger partial charge >= 0.3 is 0 Å². The standard InChI is InChI=1S/C17H21Br2ClS/c1-15-4-10-5-16(2,7-15)9-17(6-10,8-15)13(18)12-3-11(20)14(19)21-12/h3,10,13H,4-9H2,1-2H3. The van der Waals surface area contributed by atoms with Crippen LogP contribution >= 0.6 is 54.8 Å². The molecule has 1 heterocycles. The summed E-state index contributed by atoms with van der Waals surface area (Å²) in [7, 11) is 0. The molecule has 3 unspecified atom stereocenters. The number of hydrogen-bond donors (Lipinski definition) is 0. The van der Waals surface area contributed by atoms with Gasteiger partial charge in [-0.3, -0.25) is 0 Å². The molecule has 4 aliphatic rings. The van der Waals surface area contributed by atoms with Crippen molar-refractivity contribution in [3.05, 3.63) is 19.8 Å². The first-order chi connectivity index (χ1) is 9.73. The number of alkyl halides is 1. The van der Waals surface area contributed by atoms with Crippen LogP contribution in [0.5, 0.6) is 0 Å². The molecule has 21 heavy (non-hydrogen) atoms. The summed E-state index contributed by atoms with van der Waals surface area (Å²) in [6.07, 6.45) is 8.52. The van der Waals surface area contributed by atoms with Crippen molar-refractivity contribution in [2.45, 2.75) is 57.2 Å². The second-order valence-electron chi connectivity index (χ2n) is 8.63. The summed E-state index contributed by atoms with van der Waals surface area (Å²) in [4.78, 5) is 1.86. The molecular weight excluding hydrogens is 432 g/mol. The van der Waals surface area contributed by atoms with Gasteiger partial charge in [0.25, 0.3) is 0 Å². The zero-order chi connectivity index (χ0) is 15.0. The molecule has 0 N–H and O–H groups in total. The lowest BCUT2D eigenvalue weighted by molar-refractivity contribution is -0.144. The summed E-state index contributed by atoms with van der Waals surface area (Å²) in [6.45, 7) is 5.09. The van der Waals surface area contributed by atoms with Crippen molar-refractivity contribution in [1.82, 2.24) is 0 Å². The van der Waals surface area contributed by atoms with E-state index in [1.807, 2.05) is 11.3 Å². The van der Waals surface area contributed by atoms with Gasteiger partial charge in [-0.25, -0.2) is 0 Å². The van der Waals surface area contributed by atoms with Gasteiger partial charge in [0.15, 0.2) is 0 Å². The van der Waals surface area contributed by atoms with Crippen molar-refractivity contribution < 1.29 is 0 Å². The first-order valence-electron chi connectivity index (χ1n) is 7.82. The Labute approximate surface area is 153 Å². The van der Waals surface area contributed by atoms with Crippen LogP contribution < -0.4 is 0 Å². The predicted molar refractivity (Wildman–Crippen MR) is 98.5 cm³/mol. The molecule has 0 nitrogen and oxygen atoms in total. The molecule has 1 aromatic heterocycles. The molecule has 116 valence electrons. The number of rotatable bonds is 2. The Kier molecular flexibility index (Phi) is 3.49. The maximum absolute atomic E-state index is 6.28. The van der Waals surface area contributed by atoms with E-state index in [0.717, 1.165) is 14.7 Å². The average molecular weight is 453 g/mol. The van der Waals surface area contributed by atoms with Gasteiger partial charge in [-0.1, -0.05) is 41.4 Å². The second kappa shape index (κ2) is 4.74. The fourth-order valence-corrected chi connectivity index (χ4v) is 9.40. The lowest BCUT2D eigenvalue weighted by atomic mass is 9.40. The molecule has 0 aliphatic heterocycles. The Balaban J connectivity index is 1.73. The monoisotopic (exact) mass is 450 g/mol. The molecule has 0 amide bonds. The Hall–Kier alpha value is 0.950. The van der Waals surface area contributed by atoms with E-state index >= 15 is 0 Å². The second-order valence-corrected chi connectivity index (χ2v) is 12.3. The molecule has 0 spiro atoms. The normalized spacial score (nSPS) is 46.0. The minimum Gasteiger partial charge on any atom is -0.130 e. The molecule has 4 bridgehead atoms. The van der Waals surface area contributed by atoms with E-state index < -0.39 is 0 Å². The third-order valence-corrected chi connectivity index (χ3v) is 10.4. The van der Waals surface area contributed by atoms with E-state index in [0.29, 0.717) is 21.1 Å². The maximum atomic E-state index is 6.28. The van der Waals surface area contributed by atoms with E-state index in [4.69, 9.17) is 11.6 Å². The molecule has 5 rings (SSSR count). The first-order valence-corrected chi connectivity index (χ1v) is 10.7. The smallest absolute Gasteiger partial charge is 0.0887 e. The Morgan fingerprint density at radius 3 is 2.29 bits per heavy atom. The van der Waals surface area contributed by atoms with Gasteiger partial charge in [0.05, 0.1) is 13.6 Å². The van der Waals surface area contributed by atoms with Crippen molar-refractivity contribution in [1.29, 1.82) is 0 Å². The van der Waals surface area contributed by atoms with Gasteiger partial charge in [0.2, 0.25) is 0 Å². The van der Waals surface area contributed by atoms with Gasteiger partial charge in [-0.05, 0) is 82.7 Å². The molecule has 0 saturated heterocycles. The van der Waals surface area contributed by atoms with Crippen LogP contribution in [-0.4, -0.2) is 0 Å². The van der Waals surface area contributed by atoms with E-state index in [2.05, 4.69) is 51.8 Å². The quantitative estimate of drug-likeness (QED) is 0.405. The molecule has 4 fully saturated rings. The highest BCUT2D eigenvalue weighted by Crippen LogP contribution is 2.73. The molecule has 4 aliphatic carbocycles. The van der Waals surface area contributed by atoms with Crippen LogP contribution in [0.25, 0.3) is 0 Å². The van der Waals surface area contributed by atoms with Crippen molar-refractivity contribution in [3.8, 4) is 0 Å². The number of halogens is 3. The molecular formula is C17H21Br2ClS. The zero-order valence-electron chi connectivity index (χ0n) is 12.5. The zero-order valence-corrected chi connectivity index (χ0v) is 17.3. The van der Waals surface area contributed by atoms with Gasteiger partial charge in [0.1, 0.15) is 0 Å². The molecule has 0 radical (unpaired) electrons. The van der Waals surface area contributed by atoms with Crippen LogP contribution in [-0.2, 0) is 0 Å². The fraction of sp³-hybridized carbons (Fsp3) is 0.765. The van der Waals surface area contributed by atoms with Gasteiger partial charge in [0, 0.05) is 4.88 Å². The number of thiophene rings is 1. The van der Waals surface area contributed by atoms with E-state index in [9.17, 15) is 0 Å². The largest absolute Gasteiger partial charge is 0.130 e. The summed E-state index contributed by atoms with van der Waals surface area (Å²) in [5.41, 5.74) is 1.58. The summed E-state index contributed by atoms with van der Waals surface area (Å²) < 4.78 is 1.07. The van der Waals surface area contributed by atoms with Crippen LogP contribution in [0.2, 0.25) is 5.02 Å². The lowest BCUT2D eigenvalue weighted by Crippen LogP contribution is -2.56. The highest BCUT2D eigenvalue weighted by atomic mass is 79.9. The molecule has 1 aromatic rings. The third kappa shape index (κ3) is 2.40. The van der Waals surface area contributed by atoms with Gasteiger partial charge in [-0.2, -0.15) is 0 Å². The number of hydrogen-bond acceptors (Lipinski definition) is 1. The molecule has 3 atom stereocenters. The highest BCUT2D eigenvalue weighted by molar-refractivity contribution is 9.11. The first kappa shape index (κ1) is 15.5.